The van der Waals surface area contributed by atoms with Crippen LogP contribution in [-0.2, 0) is 16.6 Å². The van der Waals surface area contributed by atoms with Crippen LogP contribution in [0.3, 0.4) is 0 Å². The van der Waals surface area contributed by atoms with Crippen LogP contribution in [0.5, 0.6) is 0 Å². The van der Waals surface area contributed by atoms with Crippen LogP contribution in [0.2, 0.25) is 0 Å². The molecule has 2 amide bonds. The first-order valence-corrected chi connectivity index (χ1v) is 11.5. The van der Waals surface area contributed by atoms with Crippen LogP contribution in [0.1, 0.15) is 37.6 Å². The number of carbonyl (C=O) groups excluding carboxylic acids is 1. The summed E-state index contributed by atoms with van der Waals surface area (Å²) in [7, 11) is 0. The molecule has 8 nitrogen and oxygen atoms in total. The summed E-state index contributed by atoms with van der Waals surface area (Å²) in [6, 6.07) is 7.79. The predicted molar refractivity (Wildman–Crippen MR) is 125 cm³/mol. The third kappa shape index (κ3) is 4.63. The summed E-state index contributed by atoms with van der Waals surface area (Å²) in [5, 5.41) is 19.2. The topological polar surface area (TPSA) is 97.2 Å². The van der Waals surface area contributed by atoms with Gasteiger partial charge in [0.15, 0.2) is 0 Å². The molecule has 0 bridgehead atoms. The number of anilines is 1. The number of hydrogen-bond acceptors (Lipinski definition) is 5. The zero-order valence-corrected chi connectivity index (χ0v) is 19.7. The van der Waals surface area contributed by atoms with Crippen molar-refractivity contribution in [3.05, 3.63) is 59.2 Å². The van der Waals surface area contributed by atoms with Crippen LogP contribution in [0.4, 0.5) is 14.9 Å². The summed E-state index contributed by atoms with van der Waals surface area (Å²) >= 11 is 0. The molecule has 2 N–H and O–H groups in total. The molecule has 182 valence electrons. The summed E-state index contributed by atoms with van der Waals surface area (Å²) in [5.41, 5.74) is 2.59. The SMILES string of the molecule is C[C@@H]1CN(CC(=O)N2CC(C)(C)c3ncc(Cc4ccccc4F)cc32)[C@@H](CO)CN1C(=O)O. The van der Waals surface area contributed by atoms with Crippen LogP contribution < -0.4 is 4.90 Å². The highest BCUT2D eigenvalue weighted by Gasteiger charge is 2.41. The lowest BCUT2D eigenvalue weighted by Crippen LogP contribution is -2.61. The first-order chi connectivity index (χ1) is 16.1. The second-order valence-electron chi connectivity index (χ2n) is 9.89. The summed E-state index contributed by atoms with van der Waals surface area (Å²) in [6.45, 7) is 6.67. The standard InChI is InChI=1S/C25H31FN4O4/c1-16-11-28(19(14-31)12-29(16)24(33)34)13-22(32)30-15-25(2,3)23-21(30)9-17(10-27-23)8-18-6-4-5-7-20(18)26/h4-7,9-10,16,19,31H,8,11-15H2,1-3H3,(H,33,34)/t16-,19-/m1/s1. The fourth-order valence-electron chi connectivity index (χ4n) is 4.96. The van der Waals surface area contributed by atoms with Gasteiger partial charge in [-0.25, -0.2) is 9.18 Å². The molecular weight excluding hydrogens is 439 g/mol. The molecule has 2 aliphatic heterocycles. The molecule has 2 aliphatic rings. The van der Waals surface area contributed by atoms with Crippen molar-refractivity contribution in [1.82, 2.24) is 14.8 Å². The Kier molecular flexibility index (Phi) is 6.60. The fraction of sp³-hybridized carbons (Fsp3) is 0.480. The lowest BCUT2D eigenvalue weighted by atomic mass is 9.91. The molecule has 1 fully saturated rings. The molecule has 3 heterocycles. The van der Waals surface area contributed by atoms with Crippen LogP contribution in [0.15, 0.2) is 36.5 Å². The number of piperazine rings is 1. The first kappa shape index (κ1) is 24.1. The van der Waals surface area contributed by atoms with Gasteiger partial charge in [0.1, 0.15) is 5.82 Å². The molecule has 34 heavy (non-hydrogen) atoms. The van der Waals surface area contributed by atoms with Crippen molar-refractivity contribution in [1.29, 1.82) is 0 Å². The quantitative estimate of drug-likeness (QED) is 0.697. The number of benzene rings is 1. The minimum Gasteiger partial charge on any atom is -0.465 e. The van der Waals surface area contributed by atoms with Crippen molar-refractivity contribution in [3.63, 3.8) is 0 Å². The van der Waals surface area contributed by atoms with Crippen molar-refractivity contribution in [3.8, 4) is 0 Å². The molecule has 4 rings (SSSR count). The lowest BCUT2D eigenvalue weighted by Gasteiger charge is -2.43. The van der Waals surface area contributed by atoms with Gasteiger partial charge in [-0.2, -0.15) is 0 Å². The van der Waals surface area contributed by atoms with E-state index in [1.807, 2.05) is 24.8 Å². The molecule has 1 aromatic carbocycles. The number of aromatic nitrogens is 1. The number of aliphatic hydroxyl groups is 1. The average molecular weight is 471 g/mol. The molecule has 0 radical (unpaired) electrons. The summed E-state index contributed by atoms with van der Waals surface area (Å²) < 4.78 is 14.2. The van der Waals surface area contributed by atoms with Gasteiger partial charge in [-0.1, -0.05) is 32.0 Å². The number of pyridine rings is 1. The molecule has 0 aliphatic carbocycles. The number of rotatable bonds is 5. The van der Waals surface area contributed by atoms with Gasteiger partial charge in [0.25, 0.3) is 0 Å². The zero-order valence-electron chi connectivity index (χ0n) is 19.7. The van der Waals surface area contributed by atoms with Crippen molar-refractivity contribution in [2.24, 2.45) is 0 Å². The number of fused-ring (bicyclic) bond motifs is 1. The normalized spacial score (nSPS) is 22.0. The summed E-state index contributed by atoms with van der Waals surface area (Å²) in [4.78, 5) is 34.5. The van der Waals surface area contributed by atoms with Crippen molar-refractivity contribution >= 4 is 17.7 Å². The van der Waals surface area contributed by atoms with E-state index in [-0.39, 0.29) is 42.9 Å². The van der Waals surface area contributed by atoms with E-state index in [0.717, 1.165) is 16.9 Å². The van der Waals surface area contributed by atoms with E-state index in [0.29, 0.717) is 25.1 Å². The molecule has 9 heteroatoms. The highest BCUT2D eigenvalue weighted by atomic mass is 19.1. The Morgan fingerprint density at radius 3 is 2.65 bits per heavy atom. The molecule has 2 aromatic rings. The van der Waals surface area contributed by atoms with E-state index < -0.39 is 12.1 Å². The average Bonchev–Trinajstić information content (AvgIpc) is 3.05. The van der Waals surface area contributed by atoms with Gasteiger partial charge in [0, 0.05) is 43.7 Å². The fourth-order valence-corrected chi connectivity index (χ4v) is 4.96. The molecule has 2 atom stereocenters. The van der Waals surface area contributed by atoms with Crippen molar-refractivity contribution in [2.45, 2.75) is 44.7 Å². The largest absolute Gasteiger partial charge is 0.465 e. The Labute approximate surface area is 198 Å². The van der Waals surface area contributed by atoms with E-state index in [1.165, 1.54) is 11.0 Å². The second-order valence-corrected chi connectivity index (χ2v) is 9.89. The van der Waals surface area contributed by atoms with E-state index in [4.69, 9.17) is 0 Å². The smallest absolute Gasteiger partial charge is 0.407 e. The Hall–Kier alpha value is -3.04. The van der Waals surface area contributed by atoms with Crippen molar-refractivity contribution in [2.75, 3.05) is 37.7 Å². The minimum absolute atomic E-state index is 0.0656. The van der Waals surface area contributed by atoms with E-state index in [9.17, 15) is 24.2 Å². The molecule has 0 spiro atoms. The Morgan fingerprint density at radius 2 is 1.97 bits per heavy atom. The van der Waals surface area contributed by atoms with Gasteiger partial charge < -0.3 is 20.0 Å². The second kappa shape index (κ2) is 9.31. The van der Waals surface area contributed by atoms with Gasteiger partial charge in [-0.15, -0.1) is 0 Å². The molecule has 0 unspecified atom stereocenters. The Bertz CT molecular complexity index is 1090. The molecule has 1 saturated heterocycles. The maximum atomic E-state index is 14.2. The third-order valence-electron chi connectivity index (χ3n) is 6.81. The van der Waals surface area contributed by atoms with Gasteiger partial charge in [0.05, 0.1) is 30.6 Å². The monoisotopic (exact) mass is 470 g/mol. The number of carboxylic acid groups (broad SMARTS) is 1. The van der Waals surface area contributed by atoms with Gasteiger partial charge in [0.2, 0.25) is 5.91 Å². The van der Waals surface area contributed by atoms with Crippen LogP contribution in [0.25, 0.3) is 0 Å². The number of hydrogen-bond donors (Lipinski definition) is 2. The molecule has 1 aromatic heterocycles. The molecule has 0 saturated carbocycles. The lowest BCUT2D eigenvalue weighted by molar-refractivity contribution is -0.121. The number of nitrogens with zero attached hydrogens (tertiary/aromatic N) is 4. The highest BCUT2D eigenvalue weighted by Crippen LogP contribution is 2.40. The predicted octanol–water partition coefficient (Wildman–Crippen LogP) is 2.48. The Balaban J connectivity index is 1.55. The zero-order chi connectivity index (χ0) is 24.6. The summed E-state index contributed by atoms with van der Waals surface area (Å²) in [5.74, 6) is -0.410. The molecular formula is C25H31FN4O4. The first-order valence-electron chi connectivity index (χ1n) is 11.5. The number of halogens is 1. The maximum Gasteiger partial charge on any atom is 0.407 e. The maximum absolute atomic E-state index is 14.2. The highest BCUT2D eigenvalue weighted by molar-refractivity contribution is 5.97. The van der Waals surface area contributed by atoms with Crippen LogP contribution in [-0.4, -0.2) is 81.9 Å². The number of carbonyl (C=O) groups is 2. The van der Waals surface area contributed by atoms with E-state index >= 15 is 0 Å². The minimum atomic E-state index is -1.03. The van der Waals surface area contributed by atoms with Crippen molar-refractivity contribution < 1.29 is 24.2 Å². The van der Waals surface area contributed by atoms with E-state index in [2.05, 4.69) is 4.98 Å². The Morgan fingerprint density at radius 1 is 1.24 bits per heavy atom. The van der Waals surface area contributed by atoms with Crippen LogP contribution in [0, 0.1) is 5.82 Å². The third-order valence-corrected chi connectivity index (χ3v) is 6.81. The summed E-state index contributed by atoms with van der Waals surface area (Å²) in [6.07, 6.45) is 1.09. The van der Waals surface area contributed by atoms with E-state index in [1.54, 1.807) is 36.2 Å². The van der Waals surface area contributed by atoms with Gasteiger partial charge in [-0.05, 0) is 30.2 Å². The number of aliphatic hydroxyl groups excluding tert-OH is 1. The number of amides is 2. The van der Waals surface area contributed by atoms with Gasteiger partial charge in [-0.3, -0.25) is 14.7 Å². The van der Waals surface area contributed by atoms with Crippen LogP contribution >= 0.6 is 0 Å². The van der Waals surface area contributed by atoms with Gasteiger partial charge >= 0.3 is 6.09 Å².